The van der Waals surface area contributed by atoms with Crippen LogP contribution in [0.4, 0.5) is 0 Å². The van der Waals surface area contributed by atoms with Gasteiger partial charge < -0.3 is 10.2 Å². The summed E-state index contributed by atoms with van der Waals surface area (Å²) in [4.78, 5) is 4.67. The van der Waals surface area contributed by atoms with Crippen molar-refractivity contribution in [3.63, 3.8) is 0 Å². The molecule has 2 atom stereocenters. The fourth-order valence-electron chi connectivity index (χ4n) is 2.81. The number of halogens is 2. The molecule has 0 aliphatic carbocycles. The van der Waals surface area contributed by atoms with Crippen molar-refractivity contribution in [2.75, 3.05) is 40.3 Å². The summed E-state index contributed by atoms with van der Waals surface area (Å²) in [5.74, 6) is 0. The first-order valence-corrected chi connectivity index (χ1v) is 7.80. The molecule has 1 aliphatic rings. The van der Waals surface area contributed by atoms with E-state index in [1.54, 1.807) is 0 Å². The maximum atomic E-state index is 6.42. The SMILES string of the molecule is CC1CN(C(CN(C)C)c2c(Cl)cccc2Cl)CCN1. The molecule has 20 heavy (non-hydrogen) atoms. The number of hydrogen-bond donors (Lipinski definition) is 1. The number of likely N-dealkylation sites (N-methyl/N-ethyl adjacent to an activating group) is 1. The Kier molecular flexibility index (Phi) is 5.70. The van der Waals surface area contributed by atoms with Crippen LogP contribution >= 0.6 is 23.2 Å². The third-order valence-electron chi connectivity index (χ3n) is 3.71. The molecule has 2 rings (SSSR count). The van der Waals surface area contributed by atoms with Gasteiger partial charge in [-0.05, 0) is 33.2 Å². The molecule has 0 spiro atoms. The smallest absolute Gasteiger partial charge is 0.0505 e. The quantitative estimate of drug-likeness (QED) is 0.921. The molecule has 112 valence electrons. The Hall–Kier alpha value is -0.320. The molecular weight excluding hydrogens is 293 g/mol. The number of nitrogens with zero attached hydrogens (tertiary/aromatic N) is 2. The minimum absolute atomic E-state index is 0.232. The molecule has 1 aromatic rings. The van der Waals surface area contributed by atoms with E-state index in [-0.39, 0.29) is 6.04 Å². The first-order chi connectivity index (χ1) is 9.49. The van der Waals surface area contributed by atoms with E-state index in [0.717, 1.165) is 41.8 Å². The van der Waals surface area contributed by atoms with Gasteiger partial charge in [-0.15, -0.1) is 0 Å². The predicted octanol–water partition coefficient (Wildman–Crippen LogP) is 2.89. The van der Waals surface area contributed by atoms with Crippen LogP contribution in [0.15, 0.2) is 18.2 Å². The van der Waals surface area contributed by atoms with Gasteiger partial charge in [0.25, 0.3) is 0 Å². The molecule has 1 aromatic carbocycles. The molecule has 5 heteroatoms. The number of hydrogen-bond acceptors (Lipinski definition) is 3. The molecule has 3 nitrogen and oxygen atoms in total. The van der Waals surface area contributed by atoms with Gasteiger partial charge in [0.1, 0.15) is 0 Å². The topological polar surface area (TPSA) is 18.5 Å². The van der Waals surface area contributed by atoms with Gasteiger partial charge in [-0.2, -0.15) is 0 Å². The van der Waals surface area contributed by atoms with Crippen LogP contribution in [0.5, 0.6) is 0 Å². The van der Waals surface area contributed by atoms with Crippen LogP contribution in [0.25, 0.3) is 0 Å². The fraction of sp³-hybridized carbons (Fsp3) is 0.600. The van der Waals surface area contributed by atoms with Gasteiger partial charge in [0.05, 0.1) is 6.04 Å². The van der Waals surface area contributed by atoms with Crippen LogP contribution in [0.2, 0.25) is 10.0 Å². The van der Waals surface area contributed by atoms with Crippen LogP contribution in [0, 0.1) is 0 Å². The van der Waals surface area contributed by atoms with E-state index in [1.807, 2.05) is 18.2 Å². The Labute approximate surface area is 131 Å². The lowest BCUT2D eigenvalue weighted by Gasteiger charge is -2.39. The second kappa shape index (κ2) is 7.10. The van der Waals surface area contributed by atoms with Crippen molar-refractivity contribution in [2.45, 2.75) is 19.0 Å². The zero-order valence-electron chi connectivity index (χ0n) is 12.4. The lowest BCUT2D eigenvalue weighted by molar-refractivity contribution is 0.125. The molecule has 1 N–H and O–H groups in total. The van der Waals surface area contributed by atoms with Gasteiger partial charge in [-0.1, -0.05) is 29.3 Å². The maximum Gasteiger partial charge on any atom is 0.0505 e. The molecule has 2 unspecified atom stereocenters. The highest BCUT2D eigenvalue weighted by Crippen LogP contribution is 2.34. The van der Waals surface area contributed by atoms with E-state index in [9.17, 15) is 0 Å². The van der Waals surface area contributed by atoms with Crippen molar-refractivity contribution in [3.05, 3.63) is 33.8 Å². The zero-order valence-corrected chi connectivity index (χ0v) is 13.9. The van der Waals surface area contributed by atoms with Crippen molar-refractivity contribution < 1.29 is 0 Å². The first kappa shape index (κ1) is 16.1. The van der Waals surface area contributed by atoms with Gasteiger partial charge in [0.15, 0.2) is 0 Å². The number of nitrogens with one attached hydrogen (secondary N) is 1. The van der Waals surface area contributed by atoms with Crippen molar-refractivity contribution in [3.8, 4) is 0 Å². The van der Waals surface area contributed by atoms with Crippen LogP contribution < -0.4 is 5.32 Å². The third-order valence-corrected chi connectivity index (χ3v) is 4.37. The van der Waals surface area contributed by atoms with Crippen LogP contribution in [-0.2, 0) is 0 Å². The normalized spacial score (nSPS) is 22.2. The summed E-state index contributed by atoms with van der Waals surface area (Å²) in [6, 6.07) is 6.49. The summed E-state index contributed by atoms with van der Waals surface area (Å²) < 4.78 is 0. The second-order valence-electron chi connectivity index (χ2n) is 5.76. The molecule has 1 aliphatic heterocycles. The Morgan fingerprint density at radius 3 is 2.55 bits per heavy atom. The van der Waals surface area contributed by atoms with Crippen LogP contribution in [0.1, 0.15) is 18.5 Å². The number of rotatable bonds is 4. The second-order valence-corrected chi connectivity index (χ2v) is 6.58. The summed E-state index contributed by atoms with van der Waals surface area (Å²) in [5.41, 5.74) is 1.05. The summed E-state index contributed by atoms with van der Waals surface area (Å²) in [7, 11) is 4.17. The monoisotopic (exact) mass is 315 g/mol. The molecule has 1 heterocycles. The van der Waals surface area contributed by atoms with Crippen molar-refractivity contribution in [1.82, 2.24) is 15.1 Å². The molecule has 0 saturated carbocycles. The highest BCUT2D eigenvalue weighted by molar-refractivity contribution is 6.36. The predicted molar refractivity (Wildman–Crippen MR) is 86.8 cm³/mol. The molecule has 0 radical (unpaired) electrons. The number of piperazine rings is 1. The third kappa shape index (κ3) is 3.86. The first-order valence-electron chi connectivity index (χ1n) is 7.05. The average molecular weight is 316 g/mol. The highest BCUT2D eigenvalue weighted by atomic mass is 35.5. The Bertz CT molecular complexity index is 430. The van der Waals surface area contributed by atoms with E-state index in [4.69, 9.17) is 23.2 Å². The highest BCUT2D eigenvalue weighted by Gasteiger charge is 2.28. The van der Waals surface area contributed by atoms with Crippen molar-refractivity contribution in [1.29, 1.82) is 0 Å². The molecule has 1 saturated heterocycles. The summed E-state index contributed by atoms with van der Waals surface area (Å²) in [6.07, 6.45) is 0. The lowest BCUT2D eigenvalue weighted by Crippen LogP contribution is -2.51. The summed E-state index contributed by atoms with van der Waals surface area (Å²) in [6.45, 7) is 6.17. The van der Waals surface area contributed by atoms with E-state index < -0.39 is 0 Å². The Balaban J connectivity index is 2.31. The molecule has 0 bridgehead atoms. The average Bonchev–Trinajstić information content (AvgIpc) is 2.37. The maximum absolute atomic E-state index is 6.42. The standard InChI is InChI=1S/C15H23Cl2N3/c1-11-9-20(8-7-18-11)14(10-19(2)3)15-12(16)5-4-6-13(15)17/h4-6,11,14,18H,7-10H2,1-3H3. The van der Waals surface area contributed by atoms with E-state index in [2.05, 4.69) is 36.1 Å². The van der Waals surface area contributed by atoms with Gasteiger partial charge >= 0.3 is 0 Å². The van der Waals surface area contributed by atoms with Gasteiger partial charge in [-0.25, -0.2) is 0 Å². The zero-order chi connectivity index (χ0) is 14.7. The minimum atomic E-state index is 0.232. The fourth-order valence-corrected chi connectivity index (χ4v) is 3.46. The summed E-state index contributed by atoms with van der Waals surface area (Å²) in [5, 5.41) is 5.00. The van der Waals surface area contributed by atoms with Gasteiger partial charge in [0, 0.05) is 47.8 Å². The van der Waals surface area contributed by atoms with Crippen molar-refractivity contribution in [2.24, 2.45) is 0 Å². The molecule has 1 fully saturated rings. The Morgan fingerprint density at radius 2 is 2.00 bits per heavy atom. The largest absolute Gasteiger partial charge is 0.312 e. The molecular formula is C15H23Cl2N3. The van der Waals surface area contributed by atoms with Crippen LogP contribution in [0.3, 0.4) is 0 Å². The van der Waals surface area contributed by atoms with E-state index in [1.165, 1.54) is 0 Å². The lowest BCUT2D eigenvalue weighted by atomic mass is 10.0. The van der Waals surface area contributed by atoms with E-state index in [0.29, 0.717) is 6.04 Å². The van der Waals surface area contributed by atoms with Crippen LogP contribution in [-0.4, -0.2) is 56.1 Å². The Morgan fingerprint density at radius 1 is 1.35 bits per heavy atom. The molecule has 0 amide bonds. The minimum Gasteiger partial charge on any atom is -0.312 e. The van der Waals surface area contributed by atoms with Crippen molar-refractivity contribution >= 4 is 23.2 Å². The summed E-state index contributed by atoms with van der Waals surface area (Å²) >= 11 is 12.8. The van der Waals surface area contributed by atoms with E-state index >= 15 is 0 Å². The van der Waals surface area contributed by atoms with Gasteiger partial charge in [-0.3, -0.25) is 4.90 Å². The van der Waals surface area contributed by atoms with Gasteiger partial charge in [0.2, 0.25) is 0 Å². The molecule has 0 aromatic heterocycles. The number of benzene rings is 1.